The van der Waals surface area contributed by atoms with Crippen molar-refractivity contribution in [2.75, 3.05) is 127 Å². The molecule has 15 heteroatoms. The first kappa shape index (κ1) is 64.2. The van der Waals surface area contributed by atoms with Gasteiger partial charge < -0.3 is 32.9 Å². The van der Waals surface area contributed by atoms with Crippen LogP contribution in [0.1, 0.15) is 0 Å². The molecule has 0 aliphatic heterocycles. The van der Waals surface area contributed by atoms with Crippen LogP contribution >= 0.6 is 0 Å². The van der Waals surface area contributed by atoms with Gasteiger partial charge in [0.1, 0.15) is 34.1 Å². The molecule has 0 fully saturated rings. The molecule has 13 nitrogen and oxygen atoms in total. The normalized spacial score (nSPS) is 11.8. The molecule has 0 saturated heterocycles. The van der Waals surface area contributed by atoms with Gasteiger partial charge in [0.2, 0.25) is 0 Å². The fraction of sp³-hybridized carbons (Fsp3) is 0.333. The number of benzene rings is 6. The van der Waals surface area contributed by atoms with Gasteiger partial charge in [-0.2, -0.15) is 0 Å². The Kier molecular flexibility index (Phi) is 26.8. The minimum Gasteiger partial charge on any atom is -0.862 e. The third-order valence-electron chi connectivity index (χ3n) is 9.43. The van der Waals surface area contributed by atoms with E-state index in [9.17, 15) is 28.8 Å². The van der Waals surface area contributed by atoms with Crippen LogP contribution in [0.15, 0.2) is 182 Å². The first-order valence-electron chi connectivity index (χ1n) is 22.5. The van der Waals surface area contributed by atoms with Crippen molar-refractivity contribution in [1.82, 2.24) is 26.9 Å². The number of quaternary nitrogens is 6. The lowest BCUT2D eigenvalue weighted by molar-refractivity contribution is -0.579. The Balaban J connectivity index is 0.000000782. The SMILES string of the molecule is C[N+](C)(C)c1ccccc1.C[N+](C)(C)c1ccccc1.C[N+](C)(C)c1ccccc1.C[N+](C)(C)c1ccccc1.C[N+](C)(C)c1ccccc1.C[N+](C)(C)c1ccccc1.[O-][Si]([O-])([O-])O[Si]([O-])([O-])[O-]. The highest BCUT2D eigenvalue weighted by atomic mass is 28.5. The Morgan fingerprint density at radius 1 is 0.217 bits per heavy atom. The maximum Gasteiger partial charge on any atom is 0.132 e. The Morgan fingerprint density at radius 3 is 0.362 bits per heavy atom. The van der Waals surface area contributed by atoms with Gasteiger partial charge in [-0.05, 0) is 72.8 Å². The second-order valence-electron chi connectivity index (χ2n) is 21.2. The van der Waals surface area contributed by atoms with Crippen molar-refractivity contribution >= 4 is 52.2 Å². The molecule has 0 heterocycles. The van der Waals surface area contributed by atoms with Crippen LogP contribution in [-0.2, 0) is 4.12 Å². The molecular weight excluding hydrogens is 901 g/mol. The van der Waals surface area contributed by atoms with Crippen molar-refractivity contribution in [1.29, 1.82) is 0 Å². The molecule has 0 amide bonds. The molecule has 0 N–H and O–H groups in total. The molecule has 0 spiro atoms. The Hall–Kier alpha value is -4.77. The summed E-state index contributed by atoms with van der Waals surface area (Å²) in [6.07, 6.45) is 0. The van der Waals surface area contributed by atoms with Crippen molar-refractivity contribution in [3.8, 4) is 0 Å². The molecule has 0 aliphatic carbocycles. The van der Waals surface area contributed by atoms with E-state index in [0.29, 0.717) is 0 Å². The minimum absolute atomic E-state index is 0.890. The summed E-state index contributed by atoms with van der Waals surface area (Å²) in [4.78, 5) is 56.2. The molecule has 0 atom stereocenters. The fourth-order valence-corrected chi connectivity index (χ4v) is 6.63. The number of nitrogens with zero attached hydrogens (tertiary/aromatic N) is 6. The molecule has 6 rings (SSSR count). The first-order chi connectivity index (χ1) is 31.3. The van der Waals surface area contributed by atoms with Gasteiger partial charge in [-0.3, -0.25) is 26.9 Å². The fourth-order valence-electron chi connectivity index (χ4n) is 5.40. The smallest absolute Gasteiger partial charge is 0.132 e. The zero-order valence-corrected chi connectivity index (χ0v) is 46.9. The lowest BCUT2D eigenvalue weighted by atomic mass is 10.3. The lowest BCUT2D eigenvalue weighted by Gasteiger charge is -2.70. The van der Waals surface area contributed by atoms with Crippen LogP contribution in [0.25, 0.3) is 0 Å². The van der Waals surface area contributed by atoms with Gasteiger partial charge in [-0.15, -0.1) is 18.1 Å². The van der Waals surface area contributed by atoms with E-state index >= 15 is 0 Å². The summed E-state index contributed by atoms with van der Waals surface area (Å²) in [7, 11) is 27.1. The summed E-state index contributed by atoms with van der Waals surface area (Å²) in [6.45, 7) is 0. The summed E-state index contributed by atoms with van der Waals surface area (Å²) < 4.78 is 7.91. The van der Waals surface area contributed by atoms with Crippen molar-refractivity contribution in [3.05, 3.63) is 182 Å². The zero-order chi connectivity index (χ0) is 53.4. The zero-order valence-electron chi connectivity index (χ0n) is 44.9. The van der Waals surface area contributed by atoms with Gasteiger partial charge in [0.25, 0.3) is 0 Å². The monoisotopic (exact) mass is 985 g/mol. The molecule has 6 aromatic rings. The van der Waals surface area contributed by atoms with E-state index < -0.39 is 18.1 Å². The minimum atomic E-state index is -5.92. The molecule has 0 radical (unpaired) electrons. The Bertz CT molecular complexity index is 1800. The lowest BCUT2D eigenvalue weighted by Crippen LogP contribution is -2.87. The summed E-state index contributed by atoms with van der Waals surface area (Å²) in [6, 6.07) is 62.7. The van der Waals surface area contributed by atoms with Gasteiger partial charge >= 0.3 is 0 Å². The topological polar surface area (TPSA) is 148 Å². The molecule has 380 valence electrons. The quantitative estimate of drug-likeness (QED) is 0.168. The third kappa shape index (κ3) is 32.6. The van der Waals surface area contributed by atoms with Gasteiger partial charge in [-0.25, -0.2) is 0 Å². The molecular formula is C54H84N6O7Si2. The van der Waals surface area contributed by atoms with Crippen LogP contribution in [0.2, 0.25) is 0 Å². The van der Waals surface area contributed by atoms with Crippen LogP contribution < -0.4 is 55.7 Å². The van der Waals surface area contributed by atoms with Crippen LogP contribution in [0.4, 0.5) is 34.1 Å². The second kappa shape index (κ2) is 28.8. The number of rotatable bonds is 8. The highest BCUT2D eigenvalue weighted by Gasteiger charge is 2.12. The summed E-state index contributed by atoms with van der Waals surface area (Å²) in [5.41, 5.74) is 8.01. The number of hydrogen-bond donors (Lipinski definition) is 0. The average molecular weight is 985 g/mol. The molecule has 0 aliphatic rings. The summed E-state index contributed by atoms with van der Waals surface area (Å²) >= 11 is 0. The van der Waals surface area contributed by atoms with E-state index in [1.54, 1.807) is 0 Å². The van der Waals surface area contributed by atoms with Crippen LogP contribution in [0.5, 0.6) is 0 Å². The van der Waals surface area contributed by atoms with Gasteiger partial charge in [0.05, 0.1) is 127 Å². The van der Waals surface area contributed by atoms with Crippen molar-refractivity contribution in [3.63, 3.8) is 0 Å². The standard InChI is InChI=1S/6C9H14N.O7Si2/c6*1-10(2,3)9-7-5-4-6-8-9;1-8(2,3)7-9(4,5)6/h6*4-8H,1-3H3;/q6*+1;-6. The van der Waals surface area contributed by atoms with E-state index in [-0.39, 0.29) is 0 Å². The van der Waals surface area contributed by atoms with E-state index in [0.717, 1.165) is 26.9 Å². The molecule has 69 heavy (non-hydrogen) atoms. The van der Waals surface area contributed by atoms with Crippen LogP contribution in [-0.4, -0.2) is 145 Å². The molecule has 0 bridgehead atoms. The van der Waals surface area contributed by atoms with Crippen LogP contribution in [0.3, 0.4) is 0 Å². The average Bonchev–Trinajstić information content (AvgIpc) is 3.24. The molecule has 0 aromatic heterocycles. The Labute approximate surface area is 419 Å². The second-order valence-corrected chi connectivity index (χ2v) is 24.0. The van der Waals surface area contributed by atoms with Gasteiger partial charge in [0.15, 0.2) is 0 Å². The first-order valence-corrected chi connectivity index (χ1v) is 25.8. The van der Waals surface area contributed by atoms with Crippen molar-refractivity contribution in [2.45, 2.75) is 0 Å². The highest BCUT2D eigenvalue weighted by Crippen LogP contribution is 2.18. The van der Waals surface area contributed by atoms with E-state index in [1.165, 1.54) is 34.1 Å². The largest absolute Gasteiger partial charge is 0.862 e. The van der Waals surface area contributed by atoms with E-state index in [2.05, 4.69) is 277 Å². The summed E-state index contributed by atoms with van der Waals surface area (Å²) in [5, 5.41) is 0. The third-order valence-corrected chi connectivity index (χ3v) is 11.4. The van der Waals surface area contributed by atoms with E-state index in [4.69, 9.17) is 0 Å². The van der Waals surface area contributed by atoms with Crippen LogP contribution in [0, 0.1) is 0 Å². The Morgan fingerprint density at radius 2 is 0.319 bits per heavy atom. The van der Waals surface area contributed by atoms with Gasteiger partial charge in [0, 0.05) is 0 Å². The molecule has 0 unspecified atom stereocenters. The molecule has 6 aromatic carbocycles. The molecule has 0 saturated carbocycles. The predicted octanol–water partition coefficient (Wildman–Crippen LogP) is 3.34. The van der Waals surface area contributed by atoms with Crippen molar-refractivity contribution < 1.29 is 32.9 Å². The van der Waals surface area contributed by atoms with Gasteiger partial charge in [-0.1, -0.05) is 109 Å². The summed E-state index contributed by atoms with van der Waals surface area (Å²) in [5.74, 6) is 0. The maximum absolute atomic E-state index is 9.36. The number of para-hydroxylation sites is 6. The number of hydrogen-bond acceptors (Lipinski definition) is 7. The highest BCUT2D eigenvalue weighted by molar-refractivity contribution is 6.58. The maximum atomic E-state index is 9.36. The van der Waals surface area contributed by atoms with Crippen molar-refractivity contribution in [2.24, 2.45) is 0 Å². The van der Waals surface area contributed by atoms with E-state index in [1.807, 2.05) is 36.4 Å². The predicted molar refractivity (Wildman–Crippen MR) is 289 cm³/mol.